The highest BCUT2D eigenvalue weighted by Crippen LogP contribution is 2.30. The predicted octanol–water partition coefficient (Wildman–Crippen LogP) is 2.74. The number of amides is 2. The summed E-state index contributed by atoms with van der Waals surface area (Å²) in [5.74, 6) is 0. The van der Waals surface area contributed by atoms with E-state index in [-0.39, 0.29) is 17.6 Å². The molecule has 24 heavy (non-hydrogen) atoms. The molecule has 1 aromatic carbocycles. The quantitative estimate of drug-likeness (QED) is 0.892. The van der Waals surface area contributed by atoms with Crippen LogP contribution in [-0.4, -0.2) is 49.7 Å². The number of hydrogen-bond acceptors (Lipinski definition) is 3. The van der Waals surface area contributed by atoms with Crippen LogP contribution in [0.1, 0.15) is 44.7 Å². The third-order valence-corrected chi connectivity index (χ3v) is 5.48. The predicted molar refractivity (Wildman–Crippen MR) is 98.5 cm³/mol. The second-order valence-electron chi connectivity index (χ2n) is 7.62. The van der Waals surface area contributed by atoms with E-state index in [4.69, 9.17) is 0 Å². The van der Waals surface area contributed by atoms with Crippen LogP contribution in [0.2, 0.25) is 0 Å². The number of urea groups is 1. The Hall–Kier alpha value is -1.75. The first-order valence-electron chi connectivity index (χ1n) is 9.07. The lowest BCUT2D eigenvalue weighted by Crippen LogP contribution is -2.54. The minimum atomic E-state index is -0.0622. The lowest BCUT2D eigenvalue weighted by molar-refractivity contribution is 0.189. The molecule has 1 atom stereocenters. The highest BCUT2D eigenvalue weighted by molar-refractivity contribution is 5.75. The molecule has 2 N–H and O–H groups in total. The Labute approximate surface area is 145 Å². The molecule has 0 spiro atoms. The van der Waals surface area contributed by atoms with Gasteiger partial charge in [0.1, 0.15) is 0 Å². The average molecular weight is 330 g/mol. The van der Waals surface area contributed by atoms with Gasteiger partial charge in [0, 0.05) is 37.4 Å². The topological polar surface area (TPSA) is 47.6 Å². The molecular formula is C19H30N4O. The first kappa shape index (κ1) is 17.1. The first-order valence-corrected chi connectivity index (χ1v) is 9.07. The van der Waals surface area contributed by atoms with Crippen LogP contribution in [0.4, 0.5) is 10.5 Å². The molecule has 2 fully saturated rings. The minimum absolute atomic E-state index is 0.00488. The van der Waals surface area contributed by atoms with Gasteiger partial charge in [-0.25, -0.2) is 4.79 Å². The third kappa shape index (κ3) is 4.01. The summed E-state index contributed by atoms with van der Waals surface area (Å²) in [5, 5.41) is 6.15. The van der Waals surface area contributed by atoms with Crippen molar-refractivity contribution in [1.29, 1.82) is 0 Å². The van der Waals surface area contributed by atoms with E-state index < -0.39 is 0 Å². The molecule has 0 unspecified atom stereocenters. The van der Waals surface area contributed by atoms with E-state index in [0.717, 1.165) is 44.6 Å². The summed E-state index contributed by atoms with van der Waals surface area (Å²) >= 11 is 0. The number of nitrogens with one attached hydrogen (secondary N) is 2. The number of anilines is 1. The van der Waals surface area contributed by atoms with Gasteiger partial charge in [0.05, 0.1) is 6.04 Å². The molecule has 5 nitrogen and oxygen atoms in total. The van der Waals surface area contributed by atoms with Crippen molar-refractivity contribution in [2.24, 2.45) is 0 Å². The normalized spacial score (nSPS) is 21.7. The Morgan fingerprint density at radius 1 is 1.12 bits per heavy atom. The van der Waals surface area contributed by atoms with Gasteiger partial charge in [0.15, 0.2) is 0 Å². The van der Waals surface area contributed by atoms with Gasteiger partial charge in [-0.05, 0) is 57.9 Å². The number of carbonyl (C=O) groups excluding carboxylic acids is 1. The van der Waals surface area contributed by atoms with Crippen LogP contribution in [0, 0.1) is 0 Å². The molecular weight excluding hydrogens is 300 g/mol. The van der Waals surface area contributed by atoms with Crippen molar-refractivity contribution in [1.82, 2.24) is 15.5 Å². The highest BCUT2D eigenvalue weighted by Gasteiger charge is 2.33. The van der Waals surface area contributed by atoms with Crippen molar-refractivity contribution in [2.45, 2.75) is 44.7 Å². The molecule has 2 aliphatic rings. The highest BCUT2D eigenvalue weighted by atomic mass is 16.2. The molecule has 132 valence electrons. The molecule has 0 radical (unpaired) electrons. The lowest BCUT2D eigenvalue weighted by Gasteiger charge is -2.39. The van der Waals surface area contributed by atoms with Crippen molar-refractivity contribution in [3.63, 3.8) is 0 Å². The maximum Gasteiger partial charge on any atom is 0.315 e. The molecule has 1 saturated carbocycles. The van der Waals surface area contributed by atoms with Crippen LogP contribution in [-0.2, 0) is 0 Å². The molecule has 1 saturated heterocycles. The Bertz CT molecular complexity index is 559. The van der Waals surface area contributed by atoms with Crippen molar-refractivity contribution < 1.29 is 4.79 Å². The van der Waals surface area contributed by atoms with Crippen molar-refractivity contribution in [3.8, 4) is 0 Å². The fraction of sp³-hybridized carbons (Fsp3) is 0.632. The van der Waals surface area contributed by atoms with Crippen LogP contribution >= 0.6 is 0 Å². The zero-order chi connectivity index (χ0) is 17.2. The van der Waals surface area contributed by atoms with E-state index in [2.05, 4.69) is 58.7 Å². The largest absolute Gasteiger partial charge is 0.369 e. The van der Waals surface area contributed by atoms with Crippen LogP contribution in [0.15, 0.2) is 24.3 Å². The molecule has 5 heteroatoms. The number of nitrogens with zero attached hydrogens (tertiary/aromatic N) is 2. The van der Waals surface area contributed by atoms with Crippen LogP contribution in [0.25, 0.3) is 0 Å². The third-order valence-electron chi connectivity index (χ3n) is 5.48. The molecule has 3 rings (SSSR count). The summed E-state index contributed by atoms with van der Waals surface area (Å²) in [6.45, 7) is 8.52. The zero-order valence-electron chi connectivity index (χ0n) is 15.1. The van der Waals surface area contributed by atoms with Crippen molar-refractivity contribution >= 4 is 11.7 Å². The van der Waals surface area contributed by atoms with E-state index in [0.29, 0.717) is 0 Å². The standard InChI is InChI=1S/C19H30N4O/c1-15(20-18(24)21-19(2)9-4-10-19)16-5-7-17(8-6-16)23-13-11-22(3)12-14-23/h5-8,15H,4,9-14H2,1-3H3,(H2,20,21,24)/t15-/m1/s1. The van der Waals surface area contributed by atoms with Crippen LogP contribution in [0.5, 0.6) is 0 Å². The van der Waals surface area contributed by atoms with Gasteiger partial charge < -0.3 is 20.4 Å². The van der Waals surface area contributed by atoms with Gasteiger partial charge in [0.2, 0.25) is 0 Å². The molecule has 1 aliphatic heterocycles. The van der Waals surface area contributed by atoms with Gasteiger partial charge in [-0.15, -0.1) is 0 Å². The Balaban J connectivity index is 1.53. The van der Waals surface area contributed by atoms with Gasteiger partial charge in [0.25, 0.3) is 0 Å². The number of hydrogen-bond donors (Lipinski definition) is 2. The number of carbonyl (C=O) groups is 1. The summed E-state index contributed by atoms with van der Waals surface area (Å²) in [4.78, 5) is 16.9. The summed E-state index contributed by atoms with van der Waals surface area (Å²) in [7, 11) is 2.17. The van der Waals surface area contributed by atoms with Gasteiger partial charge in [-0.1, -0.05) is 12.1 Å². The van der Waals surface area contributed by atoms with Crippen molar-refractivity contribution in [3.05, 3.63) is 29.8 Å². The number of piperazine rings is 1. The maximum absolute atomic E-state index is 12.1. The molecule has 0 aromatic heterocycles. The van der Waals surface area contributed by atoms with Crippen molar-refractivity contribution in [2.75, 3.05) is 38.1 Å². The molecule has 1 aromatic rings. The van der Waals surface area contributed by atoms with Gasteiger partial charge in [-0.3, -0.25) is 0 Å². The minimum Gasteiger partial charge on any atom is -0.369 e. The SMILES string of the molecule is C[C@@H](NC(=O)NC1(C)CCC1)c1ccc(N2CCN(C)CC2)cc1. The summed E-state index contributed by atoms with van der Waals surface area (Å²) in [5.41, 5.74) is 2.40. The number of rotatable bonds is 4. The van der Waals surface area contributed by atoms with E-state index in [1.807, 2.05) is 6.92 Å². The molecule has 2 amide bonds. The molecule has 1 aliphatic carbocycles. The second kappa shape index (κ2) is 7.01. The van der Waals surface area contributed by atoms with E-state index in [9.17, 15) is 4.79 Å². The van der Waals surface area contributed by atoms with E-state index in [1.165, 1.54) is 12.1 Å². The Kier molecular flexibility index (Phi) is 4.99. The molecule has 0 bridgehead atoms. The average Bonchev–Trinajstić information content (AvgIpc) is 2.54. The first-order chi connectivity index (χ1) is 11.5. The lowest BCUT2D eigenvalue weighted by atomic mass is 9.79. The fourth-order valence-electron chi connectivity index (χ4n) is 3.46. The second-order valence-corrected chi connectivity index (χ2v) is 7.62. The van der Waals surface area contributed by atoms with E-state index in [1.54, 1.807) is 0 Å². The summed E-state index contributed by atoms with van der Waals surface area (Å²) < 4.78 is 0. The van der Waals surface area contributed by atoms with Crippen LogP contribution < -0.4 is 15.5 Å². The van der Waals surface area contributed by atoms with Gasteiger partial charge >= 0.3 is 6.03 Å². The number of benzene rings is 1. The Morgan fingerprint density at radius 3 is 2.29 bits per heavy atom. The zero-order valence-corrected chi connectivity index (χ0v) is 15.1. The molecule has 1 heterocycles. The summed E-state index contributed by atoms with van der Waals surface area (Å²) in [6, 6.07) is 8.55. The monoisotopic (exact) mass is 330 g/mol. The summed E-state index contributed by atoms with van der Waals surface area (Å²) in [6.07, 6.45) is 3.36. The van der Waals surface area contributed by atoms with Gasteiger partial charge in [-0.2, -0.15) is 0 Å². The fourth-order valence-corrected chi connectivity index (χ4v) is 3.46. The smallest absolute Gasteiger partial charge is 0.315 e. The van der Waals surface area contributed by atoms with E-state index >= 15 is 0 Å². The maximum atomic E-state index is 12.1. The van der Waals surface area contributed by atoms with Crippen LogP contribution in [0.3, 0.4) is 0 Å². The Morgan fingerprint density at radius 2 is 1.75 bits per heavy atom. The number of likely N-dealkylation sites (N-methyl/N-ethyl adjacent to an activating group) is 1.